The number of aryl methyl sites for hydroxylation is 1. The molecule has 1 atom stereocenters. The van der Waals surface area contributed by atoms with Crippen LogP contribution in [0.5, 0.6) is 0 Å². The van der Waals surface area contributed by atoms with Gasteiger partial charge in [-0.15, -0.1) is 11.3 Å². The molecule has 4 heterocycles. The van der Waals surface area contributed by atoms with E-state index >= 15 is 0 Å². The average molecular weight is 491 g/mol. The number of anilines is 1. The van der Waals surface area contributed by atoms with Crippen LogP contribution in [0.1, 0.15) is 35.6 Å². The first-order valence-electron chi connectivity index (χ1n) is 10.1. The van der Waals surface area contributed by atoms with Crippen molar-refractivity contribution in [3.63, 3.8) is 0 Å². The molecule has 0 saturated heterocycles. The number of hydrogen-bond acceptors (Lipinski definition) is 5. The Bertz CT molecular complexity index is 1260. The van der Waals surface area contributed by atoms with Gasteiger partial charge in [0.2, 0.25) is 0 Å². The standard InChI is InChI=1S/C24H19BrN4OS/c1-15-9-12-31-23(15)21-17(13-26)24(28-10-2-3-11-28)29(20-8-7-16(25)14-27-20)18-5-4-6-19(30)22(18)21/h2-3,7-12,14,21H,4-6H2,1H3/t21-/m1/s1. The third-order valence-electron chi connectivity index (χ3n) is 5.80. The van der Waals surface area contributed by atoms with Crippen LogP contribution in [0.25, 0.3) is 5.82 Å². The Hall–Kier alpha value is -2.95. The summed E-state index contributed by atoms with van der Waals surface area (Å²) in [6.07, 6.45) is 7.69. The molecular formula is C24H19BrN4OS. The molecule has 0 spiro atoms. The SMILES string of the molecule is Cc1ccsc1[C@@H]1C(C#N)=C(n2cccc2)N(c2ccc(Br)cn2)C2=C1C(=O)CCC2. The summed E-state index contributed by atoms with van der Waals surface area (Å²) in [7, 11) is 0. The predicted octanol–water partition coefficient (Wildman–Crippen LogP) is 6.02. The van der Waals surface area contributed by atoms with Crippen LogP contribution in [-0.4, -0.2) is 15.3 Å². The largest absolute Gasteiger partial charge is 0.309 e. The van der Waals surface area contributed by atoms with Crippen molar-refractivity contribution in [3.05, 3.63) is 86.1 Å². The zero-order chi connectivity index (χ0) is 21.5. The van der Waals surface area contributed by atoms with Crippen LogP contribution in [0, 0.1) is 18.3 Å². The van der Waals surface area contributed by atoms with E-state index in [9.17, 15) is 10.1 Å². The van der Waals surface area contributed by atoms with E-state index in [1.54, 1.807) is 17.5 Å². The zero-order valence-corrected chi connectivity index (χ0v) is 19.3. The molecule has 1 aliphatic heterocycles. The van der Waals surface area contributed by atoms with Gasteiger partial charge in [0, 0.05) is 45.6 Å². The number of hydrogen-bond donors (Lipinski definition) is 0. The maximum atomic E-state index is 13.3. The molecule has 5 nitrogen and oxygen atoms in total. The molecule has 0 aromatic carbocycles. The number of nitriles is 1. The van der Waals surface area contributed by atoms with Crippen molar-refractivity contribution >= 4 is 44.7 Å². The van der Waals surface area contributed by atoms with E-state index in [2.05, 4.69) is 33.0 Å². The maximum absolute atomic E-state index is 13.3. The second kappa shape index (κ2) is 7.95. The van der Waals surface area contributed by atoms with Gasteiger partial charge in [0.25, 0.3) is 0 Å². The van der Waals surface area contributed by atoms with E-state index in [4.69, 9.17) is 0 Å². The molecule has 2 aliphatic rings. The maximum Gasteiger partial charge on any atom is 0.161 e. The summed E-state index contributed by atoms with van der Waals surface area (Å²) in [6.45, 7) is 2.05. The van der Waals surface area contributed by atoms with Gasteiger partial charge in [-0.3, -0.25) is 9.69 Å². The number of carbonyl (C=O) groups is 1. The summed E-state index contributed by atoms with van der Waals surface area (Å²) >= 11 is 5.07. The third kappa shape index (κ3) is 3.27. The number of thiophene rings is 1. The summed E-state index contributed by atoms with van der Waals surface area (Å²) in [5.41, 5.74) is 3.37. The quantitative estimate of drug-likeness (QED) is 0.450. The Balaban J connectivity index is 1.85. The van der Waals surface area contributed by atoms with E-state index in [1.807, 2.05) is 58.4 Å². The van der Waals surface area contributed by atoms with Gasteiger partial charge in [-0.2, -0.15) is 5.26 Å². The fourth-order valence-electron chi connectivity index (χ4n) is 4.46. The molecule has 154 valence electrons. The lowest BCUT2D eigenvalue weighted by Crippen LogP contribution is -2.37. The number of ketones is 1. The molecule has 3 aromatic heterocycles. The van der Waals surface area contributed by atoms with Gasteiger partial charge in [0.1, 0.15) is 11.6 Å². The van der Waals surface area contributed by atoms with Gasteiger partial charge in [0.15, 0.2) is 5.78 Å². The molecule has 5 rings (SSSR count). The lowest BCUT2D eigenvalue weighted by Gasteiger charge is -2.40. The minimum absolute atomic E-state index is 0.125. The summed E-state index contributed by atoms with van der Waals surface area (Å²) in [4.78, 5) is 21.0. The topological polar surface area (TPSA) is 61.9 Å². The Kier molecular flexibility index (Phi) is 5.12. The highest BCUT2D eigenvalue weighted by Gasteiger charge is 2.42. The van der Waals surface area contributed by atoms with Gasteiger partial charge in [-0.1, -0.05) is 0 Å². The molecule has 0 saturated carbocycles. The van der Waals surface area contributed by atoms with E-state index in [0.717, 1.165) is 44.8 Å². The van der Waals surface area contributed by atoms with Crippen molar-refractivity contribution in [1.82, 2.24) is 9.55 Å². The summed E-state index contributed by atoms with van der Waals surface area (Å²) in [5, 5.41) is 12.4. The van der Waals surface area contributed by atoms with Crippen LogP contribution in [0.3, 0.4) is 0 Å². The molecule has 0 N–H and O–H groups in total. The zero-order valence-electron chi connectivity index (χ0n) is 16.9. The number of pyridine rings is 1. The Morgan fingerprint density at radius 1 is 1.23 bits per heavy atom. The van der Waals surface area contributed by atoms with Crippen LogP contribution in [0.2, 0.25) is 0 Å². The van der Waals surface area contributed by atoms with Crippen LogP contribution < -0.4 is 4.90 Å². The molecule has 0 bridgehead atoms. The third-order valence-corrected chi connectivity index (χ3v) is 7.36. The molecular weight excluding hydrogens is 472 g/mol. The molecule has 0 fully saturated rings. The summed E-state index contributed by atoms with van der Waals surface area (Å²) in [6, 6.07) is 12.3. The predicted molar refractivity (Wildman–Crippen MR) is 125 cm³/mol. The van der Waals surface area contributed by atoms with Crippen molar-refractivity contribution in [2.75, 3.05) is 4.90 Å². The van der Waals surface area contributed by atoms with Gasteiger partial charge in [-0.25, -0.2) is 4.98 Å². The molecule has 1 aliphatic carbocycles. The molecule has 0 radical (unpaired) electrons. The Morgan fingerprint density at radius 2 is 2.03 bits per heavy atom. The first-order chi connectivity index (χ1) is 15.1. The molecule has 0 unspecified atom stereocenters. The van der Waals surface area contributed by atoms with Crippen molar-refractivity contribution < 1.29 is 4.79 Å². The fraction of sp³-hybridized carbons (Fsp3) is 0.208. The first-order valence-corrected chi connectivity index (χ1v) is 11.8. The first kappa shape index (κ1) is 20.0. The summed E-state index contributed by atoms with van der Waals surface area (Å²) < 4.78 is 2.84. The molecule has 0 amide bonds. The lowest BCUT2D eigenvalue weighted by molar-refractivity contribution is -0.116. The van der Waals surface area contributed by atoms with Crippen LogP contribution >= 0.6 is 27.3 Å². The minimum Gasteiger partial charge on any atom is -0.309 e. The van der Waals surface area contributed by atoms with E-state index in [-0.39, 0.29) is 11.7 Å². The Labute approximate surface area is 193 Å². The van der Waals surface area contributed by atoms with Crippen LogP contribution in [-0.2, 0) is 4.79 Å². The van der Waals surface area contributed by atoms with E-state index in [1.165, 1.54) is 0 Å². The number of carbonyl (C=O) groups excluding carboxylic acids is 1. The fourth-order valence-corrected chi connectivity index (χ4v) is 5.74. The highest BCUT2D eigenvalue weighted by molar-refractivity contribution is 9.10. The Morgan fingerprint density at radius 3 is 2.68 bits per heavy atom. The van der Waals surface area contributed by atoms with Crippen LogP contribution in [0.4, 0.5) is 5.82 Å². The number of Topliss-reactive ketones (excluding diaryl/α,β-unsaturated/α-hetero) is 1. The normalized spacial score (nSPS) is 18.9. The van der Waals surface area contributed by atoms with Gasteiger partial charge < -0.3 is 4.57 Å². The number of aromatic nitrogens is 2. The average Bonchev–Trinajstić information content (AvgIpc) is 3.45. The molecule has 31 heavy (non-hydrogen) atoms. The van der Waals surface area contributed by atoms with Gasteiger partial charge in [-0.05, 0) is 77.0 Å². The van der Waals surface area contributed by atoms with Crippen molar-refractivity contribution in [2.45, 2.75) is 32.1 Å². The van der Waals surface area contributed by atoms with E-state index < -0.39 is 0 Å². The monoisotopic (exact) mass is 490 g/mol. The minimum atomic E-state index is -0.350. The summed E-state index contributed by atoms with van der Waals surface area (Å²) in [5.74, 6) is 1.22. The highest BCUT2D eigenvalue weighted by Crippen LogP contribution is 2.49. The van der Waals surface area contributed by atoms with Gasteiger partial charge >= 0.3 is 0 Å². The van der Waals surface area contributed by atoms with Crippen molar-refractivity contribution in [3.8, 4) is 6.07 Å². The number of allylic oxidation sites excluding steroid dienone is 3. The van der Waals surface area contributed by atoms with Crippen molar-refractivity contribution in [2.24, 2.45) is 0 Å². The van der Waals surface area contributed by atoms with Gasteiger partial charge in [0.05, 0.1) is 17.6 Å². The molecule has 7 heteroatoms. The number of nitrogens with zero attached hydrogens (tertiary/aromatic N) is 4. The number of rotatable bonds is 3. The van der Waals surface area contributed by atoms with E-state index in [0.29, 0.717) is 17.8 Å². The second-order valence-electron chi connectivity index (χ2n) is 7.65. The molecule has 3 aromatic rings. The number of halogens is 1. The lowest BCUT2D eigenvalue weighted by atomic mass is 9.77. The van der Waals surface area contributed by atoms with Crippen molar-refractivity contribution in [1.29, 1.82) is 5.26 Å². The second-order valence-corrected chi connectivity index (χ2v) is 9.51. The highest BCUT2D eigenvalue weighted by atomic mass is 79.9. The smallest absolute Gasteiger partial charge is 0.161 e. The van der Waals surface area contributed by atoms with Crippen LogP contribution in [0.15, 0.2) is 75.6 Å².